The van der Waals surface area contributed by atoms with E-state index in [0.29, 0.717) is 13.0 Å². The molecule has 1 fully saturated rings. The van der Waals surface area contributed by atoms with E-state index in [9.17, 15) is 4.79 Å². The van der Waals surface area contributed by atoms with Crippen molar-refractivity contribution in [1.29, 1.82) is 0 Å². The first-order valence-electron chi connectivity index (χ1n) is 7.23. The van der Waals surface area contributed by atoms with E-state index in [1.807, 2.05) is 18.2 Å². The molecule has 1 aliphatic heterocycles. The molecular weight excluding hydrogens is 262 g/mol. The standard InChI is InChI=1S/C18H19NO2/c1-13-7-6-8-14(2)18(13)19(15-9-4-3-5-10-15)16-11-17(20)21-12-16/h3-10,16H,11-12H2,1-2H3. The smallest absolute Gasteiger partial charge is 0.308 e. The molecule has 1 aliphatic rings. The number of esters is 1. The Balaban J connectivity index is 2.10. The van der Waals surface area contributed by atoms with E-state index in [2.05, 4.69) is 49.1 Å². The number of anilines is 2. The quantitative estimate of drug-likeness (QED) is 0.802. The van der Waals surface area contributed by atoms with Gasteiger partial charge in [-0.25, -0.2) is 0 Å². The molecule has 1 heterocycles. The Hall–Kier alpha value is -2.29. The third-order valence-electron chi connectivity index (χ3n) is 3.92. The topological polar surface area (TPSA) is 29.5 Å². The van der Waals surface area contributed by atoms with Gasteiger partial charge in [0, 0.05) is 11.4 Å². The van der Waals surface area contributed by atoms with Crippen LogP contribution in [0.5, 0.6) is 0 Å². The minimum absolute atomic E-state index is 0.0553. The average Bonchev–Trinajstić information content (AvgIpc) is 2.90. The maximum Gasteiger partial charge on any atom is 0.308 e. The highest BCUT2D eigenvalue weighted by atomic mass is 16.5. The van der Waals surface area contributed by atoms with Gasteiger partial charge in [0.2, 0.25) is 0 Å². The molecule has 0 spiro atoms. The Labute approximate surface area is 125 Å². The maximum atomic E-state index is 11.5. The van der Waals surface area contributed by atoms with E-state index in [4.69, 9.17) is 4.74 Å². The summed E-state index contributed by atoms with van der Waals surface area (Å²) in [4.78, 5) is 13.8. The van der Waals surface area contributed by atoms with Crippen LogP contribution < -0.4 is 4.90 Å². The number of carbonyl (C=O) groups excluding carboxylic acids is 1. The van der Waals surface area contributed by atoms with Gasteiger partial charge in [0.05, 0.1) is 12.5 Å². The molecule has 2 aromatic carbocycles. The Kier molecular flexibility index (Phi) is 3.65. The van der Waals surface area contributed by atoms with Crippen LogP contribution in [0.2, 0.25) is 0 Å². The van der Waals surface area contributed by atoms with Crippen LogP contribution in [0.4, 0.5) is 11.4 Å². The minimum Gasteiger partial charge on any atom is -0.463 e. The first-order chi connectivity index (χ1) is 10.2. The van der Waals surface area contributed by atoms with Gasteiger partial charge in [-0.2, -0.15) is 0 Å². The van der Waals surface area contributed by atoms with Crippen molar-refractivity contribution in [3.05, 3.63) is 59.7 Å². The Morgan fingerprint density at radius 1 is 1.00 bits per heavy atom. The molecule has 0 aromatic heterocycles. The van der Waals surface area contributed by atoms with Crippen LogP contribution in [0.25, 0.3) is 0 Å². The highest BCUT2D eigenvalue weighted by Gasteiger charge is 2.31. The summed E-state index contributed by atoms with van der Waals surface area (Å²) < 4.78 is 5.19. The molecule has 0 saturated carbocycles. The molecule has 0 radical (unpaired) electrons. The number of benzene rings is 2. The number of cyclic esters (lactones) is 1. The Morgan fingerprint density at radius 2 is 1.67 bits per heavy atom. The molecule has 0 amide bonds. The molecule has 1 unspecified atom stereocenters. The molecule has 108 valence electrons. The average molecular weight is 281 g/mol. The van der Waals surface area contributed by atoms with Crippen molar-refractivity contribution < 1.29 is 9.53 Å². The molecule has 0 N–H and O–H groups in total. The molecule has 21 heavy (non-hydrogen) atoms. The second-order valence-corrected chi connectivity index (χ2v) is 5.49. The van der Waals surface area contributed by atoms with Gasteiger partial charge in [0.25, 0.3) is 0 Å². The van der Waals surface area contributed by atoms with Gasteiger partial charge in [0.15, 0.2) is 0 Å². The van der Waals surface area contributed by atoms with Gasteiger partial charge < -0.3 is 9.64 Å². The Bertz CT molecular complexity index is 631. The lowest BCUT2D eigenvalue weighted by Gasteiger charge is -2.32. The molecule has 1 atom stereocenters. The van der Waals surface area contributed by atoms with Crippen molar-refractivity contribution in [2.45, 2.75) is 26.3 Å². The summed E-state index contributed by atoms with van der Waals surface area (Å²) in [7, 11) is 0. The third-order valence-corrected chi connectivity index (χ3v) is 3.92. The summed E-state index contributed by atoms with van der Waals surface area (Å²) in [6, 6.07) is 16.5. The summed E-state index contributed by atoms with van der Waals surface area (Å²) in [5.41, 5.74) is 4.68. The fourth-order valence-corrected chi connectivity index (χ4v) is 2.96. The van der Waals surface area contributed by atoms with Crippen molar-refractivity contribution in [2.75, 3.05) is 11.5 Å². The zero-order chi connectivity index (χ0) is 14.8. The lowest BCUT2D eigenvalue weighted by atomic mass is 10.0. The van der Waals surface area contributed by atoms with Crippen molar-refractivity contribution in [3.63, 3.8) is 0 Å². The Morgan fingerprint density at radius 3 is 2.24 bits per heavy atom. The number of para-hydroxylation sites is 2. The summed E-state index contributed by atoms with van der Waals surface area (Å²) in [5, 5.41) is 0. The first kappa shape index (κ1) is 13.7. The van der Waals surface area contributed by atoms with Crippen LogP contribution in [-0.2, 0) is 9.53 Å². The second kappa shape index (κ2) is 5.60. The predicted octanol–water partition coefficient (Wildman–Crippen LogP) is 3.76. The second-order valence-electron chi connectivity index (χ2n) is 5.49. The van der Waals surface area contributed by atoms with E-state index in [1.54, 1.807) is 0 Å². The normalized spacial score (nSPS) is 17.6. The van der Waals surface area contributed by atoms with E-state index < -0.39 is 0 Å². The summed E-state index contributed by atoms with van der Waals surface area (Å²) in [5.74, 6) is -0.118. The van der Waals surface area contributed by atoms with E-state index in [1.165, 1.54) is 16.8 Å². The molecule has 3 heteroatoms. The predicted molar refractivity (Wildman–Crippen MR) is 83.9 cm³/mol. The number of hydrogen-bond acceptors (Lipinski definition) is 3. The molecule has 0 bridgehead atoms. The SMILES string of the molecule is Cc1cccc(C)c1N(c1ccccc1)C1COC(=O)C1. The lowest BCUT2D eigenvalue weighted by Crippen LogP contribution is -2.32. The largest absolute Gasteiger partial charge is 0.463 e. The van der Waals surface area contributed by atoms with Crippen LogP contribution in [-0.4, -0.2) is 18.6 Å². The molecule has 3 rings (SSSR count). The lowest BCUT2D eigenvalue weighted by molar-refractivity contribution is -0.137. The molecule has 3 nitrogen and oxygen atoms in total. The molecule has 1 saturated heterocycles. The van der Waals surface area contributed by atoms with E-state index >= 15 is 0 Å². The maximum absolute atomic E-state index is 11.5. The third kappa shape index (κ3) is 2.64. The number of ether oxygens (including phenoxy) is 1. The van der Waals surface area contributed by atoms with Gasteiger partial charge in [-0.3, -0.25) is 4.79 Å². The van der Waals surface area contributed by atoms with Crippen LogP contribution in [0, 0.1) is 13.8 Å². The highest BCUT2D eigenvalue weighted by molar-refractivity contribution is 5.77. The van der Waals surface area contributed by atoms with E-state index in [0.717, 1.165) is 5.69 Å². The van der Waals surface area contributed by atoms with Gasteiger partial charge in [-0.1, -0.05) is 36.4 Å². The van der Waals surface area contributed by atoms with Crippen LogP contribution >= 0.6 is 0 Å². The van der Waals surface area contributed by atoms with Crippen molar-refractivity contribution in [2.24, 2.45) is 0 Å². The van der Waals surface area contributed by atoms with Crippen LogP contribution in [0.15, 0.2) is 48.5 Å². The number of aryl methyl sites for hydroxylation is 2. The minimum atomic E-state index is -0.118. The van der Waals surface area contributed by atoms with Crippen LogP contribution in [0.3, 0.4) is 0 Å². The van der Waals surface area contributed by atoms with Gasteiger partial charge in [-0.15, -0.1) is 0 Å². The number of rotatable bonds is 3. The van der Waals surface area contributed by atoms with Crippen molar-refractivity contribution >= 4 is 17.3 Å². The van der Waals surface area contributed by atoms with Gasteiger partial charge in [-0.05, 0) is 37.1 Å². The summed E-state index contributed by atoms with van der Waals surface area (Å²) in [6.07, 6.45) is 0.433. The number of nitrogens with zero attached hydrogens (tertiary/aromatic N) is 1. The molecular formula is C18H19NO2. The molecule has 2 aromatic rings. The number of hydrogen-bond donors (Lipinski definition) is 0. The number of carbonyl (C=O) groups is 1. The first-order valence-corrected chi connectivity index (χ1v) is 7.23. The van der Waals surface area contributed by atoms with Gasteiger partial charge >= 0.3 is 5.97 Å². The zero-order valence-corrected chi connectivity index (χ0v) is 12.4. The summed E-state index contributed by atoms with van der Waals surface area (Å²) >= 11 is 0. The van der Waals surface area contributed by atoms with Crippen molar-refractivity contribution in [3.8, 4) is 0 Å². The highest BCUT2D eigenvalue weighted by Crippen LogP contribution is 2.35. The van der Waals surface area contributed by atoms with E-state index in [-0.39, 0.29) is 12.0 Å². The van der Waals surface area contributed by atoms with Gasteiger partial charge in [0.1, 0.15) is 6.61 Å². The monoisotopic (exact) mass is 281 g/mol. The summed E-state index contributed by atoms with van der Waals surface area (Å²) in [6.45, 7) is 4.66. The fourth-order valence-electron chi connectivity index (χ4n) is 2.96. The van der Waals surface area contributed by atoms with Crippen molar-refractivity contribution in [1.82, 2.24) is 0 Å². The molecule has 0 aliphatic carbocycles. The zero-order valence-electron chi connectivity index (χ0n) is 12.4. The van der Waals surface area contributed by atoms with Crippen LogP contribution in [0.1, 0.15) is 17.5 Å². The fraction of sp³-hybridized carbons (Fsp3) is 0.278.